The second-order valence-electron chi connectivity index (χ2n) is 24.7. The topological polar surface area (TPSA) is 107 Å². The predicted octanol–water partition coefficient (Wildman–Crippen LogP) is 20.7. The molecule has 19 heteroatoms. The maximum Gasteiger partial charge on any atom is 0.0602 e. The second-order valence-corrected chi connectivity index (χ2v) is 24.7. The normalized spacial score (nSPS) is 10.6. The van der Waals surface area contributed by atoms with Gasteiger partial charge in [-0.25, -0.2) is 0 Å². The van der Waals surface area contributed by atoms with Crippen LogP contribution in [0.25, 0.3) is 91.1 Å². The minimum atomic E-state index is -2.20. The molecule has 16 rings (SSSR count). The van der Waals surface area contributed by atoms with Gasteiger partial charge in [-0.2, -0.15) is 0 Å². The van der Waals surface area contributed by atoms with Crippen LogP contribution in [0.5, 0.6) is 0 Å². The van der Waals surface area contributed by atoms with Gasteiger partial charge in [0.1, 0.15) is 0 Å². The van der Waals surface area contributed by atoms with Crippen LogP contribution in [0.3, 0.4) is 0 Å². The number of nitrogens with zero attached hydrogens (tertiary/aromatic N) is 12. The summed E-state index contributed by atoms with van der Waals surface area (Å²) in [5.41, 5.74) is 17.7. The number of imidazole rings is 6. The van der Waals surface area contributed by atoms with Crippen LogP contribution in [0.1, 0.15) is 77.0 Å². The zero-order valence-corrected chi connectivity index (χ0v) is 75.6. The van der Waals surface area contributed by atoms with Crippen LogP contribution in [-0.2, 0) is 135 Å². The maximum atomic E-state index is 13.0. The van der Waals surface area contributed by atoms with Gasteiger partial charge in [-0.15, -0.1) is 209 Å². The molecule has 12 nitrogen and oxygen atoms in total. The third kappa shape index (κ3) is 23.7. The van der Waals surface area contributed by atoms with Crippen molar-refractivity contribution in [2.24, 2.45) is 14.0 Å². The summed E-state index contributed by atoms with van der Waals surface area (Å²) in [6.45, 7) is 15.2. The Morgan fingerprint density at radius 2 is 0.615 bits per heavy atom. The van der Waals surface area contributed by atoms with E-state index in [9.17, 15) is 4.39 Å². The van der Waals surface area contributed by atoms with E-state index in [1.165, 1.54) is 73.8 Å². The summed E-state index contributed by atoms with van der Waals surface area (Å²) in [6.07, 6.45) is 21.8. The van der Waals surface area contributed by atoms with Gasteiger partial charge in [-0.3, -0.25) is 34.3 Å². The fraction of sp³-hybridized carbons (Fsp3) is 0.133. The van der Waals surface area contributed by atoms with Gasteiger partial charge in [0.2, 0.25) is 0 Å². The molecular formula is C90H81FIr6N12-6. The first kappa shape index (κ1) is 85.9. The van der Waals surface area contributed by atoms with Crippen LogP contribution in [-0.4, -0.2) is 57.3 Å². The Hall–Kier alpha value is -8.71. The van der Waals surface area contributed by atoms with Crippen molar-refractivity contribution in [3.8, 4) is 91.1 Å². The van der Waals surface area contributed by atoms with E-state index < -0.39 is 6.98 Å². The van der Waals surface area contributed by atoms with Gasteiger partial charge in [0.15, 0.2) is 0 Å². The quantitative estimate of drug-likeness (QED) is 0.113. The minimum absolute atomic E-state index is 0. The Labute approximate surface area is 726 Å². The summed E-state index contributed by atoms with van der Waals surface area (Å²) >= 11 is 0. The number of halogens is 1. The van der Waals surface area contributed by atoms with Crippen LogP contribution in [0.15, 0.2) is 299 Å². The summed E-state index contributed by atoms with van der Waals surface area (Å²) in [7, 11) is 1.98. The molecule has 0 saturated carbocycles. The molecule has 6 radical (unpaired) electrons. The number of hydrogen-bond donors (Lipinski definition) is 0. The van der Waals surface area contributed by atoms with Crippen LogP contribution in [0.2, 0.25) is 0 Å². The Morgan fingerprint density at radius 3 is 0.954 bits per heavy atom. The van der Waals surface area contributed by atoms with Crippen molar-refractivity contribution >= 4 is 0 Å². The van der Waals surface area contributed by atoms with Gasteiger partial charge in [-0.1, -0.05) is 100 Å². The van der Waals surface area contributed by atoms with Gasteiger partial charge in [-0.05, 0) is 85.0 Å². The third-order valence-corrected chi connectivity index (χ3v) is 16.8. The van der Waals surface area contributed by atoms with Crippen molar-refractivity contribution in [2.75, 3.05) is 0 Å². The number of benzene rings is 10. The van der Waals surface area contributed by atoms with E-state index in [-0.39, 0.29) is 126 Å². The molecule has 568 valence electrons. The van der Waals surface area contributed by atoms with Gasteiger partial charge in [0.05, 0.1) is 34.9 Å². The number of aromatic nitrogens is 12. The molecule has 0 aliphatic carbocycles. The molecule has 0 fully saturated rings. The first-order valence-electron chi connectivity index (χ1n) is 35.4. The number of aryl methyl sites for hydroxylation is 6. The predicted molar refractivity (Wildman–Crippen MR) is 413 cm³/mol. The van der Waals surface area contributed by atoms with Crippen molar-refractivity contribution in [1.82, 2.24) is 57.3 Å². The first-order chi connectivity index (χ1) is 51.4. The van der Waals surface area contributed by atoms with Crippen molar-refractivity contribution in [1.29, 1.82) is 0 Å². The average Bonchev–Trinajstić information content (AvgIpc) is 1.07. The fourth-order valence-corrected chi connectivity index (χ4v) is 11.8. The molecule has 0 bridgehead atoms. The van der Waals surface area contributed by atoms with E-state index in [4.69, 9.17) is 4.11 Å². The van der Waals surface area contributed by atoms with E-state index in [2.05, 4.69) is 208 Å². The summed E-state index contributed by atoms with van der Waals surface area (Å²) in [4.78, 5) is 26.1. The molecule has 0 spiro atoms. The number of rotatable bonds is 12. The largest absolute Gasteiger partial charge is 0.373 e. The van der Waals surface area contributed by atoms with Gasteiger partial charge in [0.25, 0.3) is 0 Å². The SMILES string of the molecule is CC(C)c1cccc(C(C)C)c1-n1ccnc1-c1[c-]cccc1.Cc1cccc(C)c1-n1ccnc1-c1[c-]cc(F)cc1.Cc1cccc(C)c1-n1ccnc1-c1[c-]cccc1.Cn1ccnc1-c1[c-]cccc1.[2H]C([2H])([2H])n1ccnc1-c1[c-]cccc1.[Ir].[Ir].[Ir].[Ir].[Ir].[Ir].[c-]1ccccc1-c1nccn1-c1ccccc1. The molecular weight excluding hydrogens is 2420 g/mol. The number of para-hydroxylation sites is 4. The molecule has 6 aromatic heterocycles. The molecule has 0 amide bonds. The molecule has 0 aliphatic rings. The summed E-state index contributed by atoms with van der Waals surface area (Å²) in [6, 6.07) is 91.3. The van der Waals surface area contributed by atoms with E-state index in [0.717, 1.165) is 68.3 Å². The first-order valence-corrected chi connectivity index (χ1v) is 33.9. The minimum Gasteiger partial charge on any atom is -0.373 e. The average molecular weight is 2510 g/mol. The molecule has 6 heterocycles. The zero-order valence-electron chi connectivity index (χ0n) is 64.2. The fourth-order valence-electron chi connectivity index (χ4n) is 11.8. The second kappa shape index (κ2) is 45.4. The van der Waals surface area contributed by atoms with Gasteiger partial charge < -0.3 is 27.4 Å². The molecule has 0 saturated heterocycles. The molecule has 0 N–H and O–H groups in total. The monoisotopic (exact) mass is 2510 g/mol. The maximum absolute atomic E-state index is 13.0. The summed E-state index contributed by atoms with van der Waals surface area (Å²) < 4.78 is 46.6. The van der Waals surface area contributed by atoms with Crippen LogP contribution < -0.4 is 0 Å². The van der Waals surface area contributed by atoms with Crippen molar-refractivity contribution in [2.45, 2.75) is 67.2 Å². The van der Waals surface area contributed by atoms with Crippen molar-refractivity contribution in [3.05, 3.63) is 374 Å². The standard InChI is InChI=1S/C21H23N2.C17H14FN2.C17H15N2.C15H11N2.2C10H9N2.6Ir/c1-15(2)18-11-8-12-19(16(3)4)20(18)23-14-13-22-21(23)17-9-6-5-7-10-17;1-12-4-3-5-13(2)16(12)20-11-10-19-17(20)14-6-8-15(18)9-7-14;1-13-7-6-8-14(2)16(13)19-12-11-18-17(19)15-9-4-3-5-10-15;1-3-7-13(8-4-1)15-16-11-12-17(15)14-9-5-2-6-10-14;2*1-12-8-7-11-10(12)9-5-3-2-4-6-9;;;;;;/h5-9,11-16H,1-4H3;3-6,8-11H,1-2H3;3-9,11-12H,1-2H3;1-7,9-12H;2*2-5,7-8H,1H3;;;;;;/q6*-1;;;;;;/i;;;;1D3;;;;;;;. The van der Waals surface area contributed by atoms with Crippen LogP contribution >= 0.6 is 0 Å². The molecule has 0 unspecified atom stereocenters. The van der Waals surface area contributed by atoms with E-state index in [1.807, 2.05) is 187 Å². The number of hydrogen-bond acceptors (Lipinski definition) is 6. The van der Waals surface area contributed by atoms with Gasteiger partial charge >= 0.3 is 0 Å². The van der Waals surface area contributed by atoms with Crippen molar-refractivity contribution in [3.63, 3.8) is 0 Å². The summed E-state index contributed by atoms with van der Waals surface area (Å²) in [5.74, 6) is 5.54. The van der Waals surface area contributed by atoms with E-state index >= 15 is 0 Å². The van der Waals surface area contributed by atoms with E-state index in [0.29, 0.717) is 23.2 Å². The Morgan fingerprint density at radius 1 is 0.312 bits per heavy atom. The molecule has 16 aromatic rings. The summed E-state index contributed by atoms with van der Waals surface area (Å²) in [5, 5.41) is 0. The molecule has 0 atom stereocenters. The Balaban J connectivity index is 0.000000240. The van der Waals surface area contributed by atoms with Crippen molar-refractivity contribution < 1.29 is 129 Å². The third-order valence-electron chi connectivity index (χ3n) is 16.8. The smallest absolute Gasteiger partial charge is 0.0602 e. The van der Waals surface area contributed by atoms with Gasteiger partial charge in [0, 0.05) is 242 Å². The van der Waals surface area contributed by atoms with E-state index in [1.54, 1.807) is 30.6 Å². The Kier molecular flexibility index (Phi) is 35.8. The van der Waals surface area contributed by atoms with Crippen LogP contribution in [0.4, 0.5) is 4.39 Å². The zero-order chi connectivity index (χ0) is 74.5. The molecule has 10 aromatic carbocycles. The molecule has 0 aliphatic heterocycles. The van der Waals surface area contributed by atoms with Crippen LogP contribution in [0, 0.1) is 69.9 Å². The molecule has 109 heavy (non-hydrogen) atoms. The Bertz CT molecular complexity index is 5260.